The van der Waals surface area contributed by atoms with Gasteiger partial charge in [0.15, 0.2) is 5.78 Å². The number of benzene rings is 2. The maximum absolute atomic E-state index is 14.7. The molecule has 2 aromatic carbocycles. The maximum atomic E-state index is 14.7. The van der Waals surface area contributed by atoms with Crippen molar-refractivity contribution < 1.29 is 32.2 Å². The number of aryl methyl sites for hydroxylation is 1. The predicted molar refractivity (Wildman–Crippen MR) is 201 cm³/mol. The fraction of sp³-hybridized carbons (Fsp3) is 0.628. The van der Waals surface area contributed by atoms with E-state index in [0.717, 1.165) is 37.7 Å². The first-order valence-electron chi connectivity index (χ1n) is 20.3. The summed E-state index contributed by atoms with van der Waals surface area (Å²) in [5.41, 5.74) is 3.34. The summed E-state index contributed by atoms with van der Waals surface area (Å²) < 4.78 is 63.5. The van der Waals surface area contributed by atoms with Crippen LogP contribution in [-0.2, 0) is 16.5 Å². The lowest BCUT2D eigenvalue weighted by molar-refractivity contribution is -0.170. The Morgan fingerprint density at radius 3 is 2.53 bits per heavy atom. The van der Waals surface area contributed by atoms with E-state index in [9.17, 15) is 18.0 Å². The van der Waals surface area contributed by atoms with Crippen LogP contribution in [0.25, 0.3) is 0 Å². The van der Waals surface area contributed by atoms with Gasteiger partial charge in [0.1, 0.15) is 36.9 Å². The number of hydrogen-bond acceptors (Lipinski definition) is 8. The van der Waals surface area contributed by atoms with Gasteiger partial charge in [-0.25, -0.2) is 18.2 Å². The number of ketones is 1. The standard InChI is InChI=1S/C43H52F3N5O4/c1-41-14-15-43(45,46)22-26(41)6-9-29-31-10-11-35(42(31,2)13-12-32(29)41)55-19-17-53-16-18-54-28-7-4-25(5-8-28)38-37(40-48-24-49-51(40)3)39-36-30(34(52)23-47-39)20-27(44)21-33(36)50-38/h4-5,7-8,20-21,24,26,29,31-32,35,37-38,50H,6,9-19,22-23H2,1-3H3/t26-,29-,31-,32-,35-,37?,38+,41-,42-/m0/s1. The second-order valence-corrected chi connectivity index (χ2v) is 17.6. The highest BCUT2D eigenvalue weighted by molar-refractivity contribution is 6.21. The molecule has 9 atom stereocenters. The summed E-state index contributed by atoms with van der Waals surface area (Å²) in [6.07, 6.45) is 9.07. The number of carbonyl (C=O) groups is 1. The minimum absolute atomic E-state index is 0.0383. The number of fused-ring (bicyclic) bond motifs is 5. The second-order valence-electron chi connectivity index (χ2n) is 17.6. The molecule has 4 saturated carbocycles. The summed E-state index contributed by atoms with van der Waals surface area (Å²) in [6, 6.07) is 10.2. The molecule has 0 amide bonds. The van der Waals surface area contributed by atoms with Gasteiger partial charge in [-0.05, 0) is 109 Å². The molecule has 0 spiro atoms. The Morgan fingerprint density at radius 2 is 1.73 bits per heavy atom. The van der Waals surface area contributed by atoms with Gasteiger partial charge >= 0.3 is 0 Å². The van der Waals surface area contributed by atoms with Gasteiger partial charge in [0, 0.05) is 36.7 Å². The van der Waals surface area contributed by atoms with E-state index in [-0.39, 0.29) is 60.0 Å². The lowest BCUT2D eigenvalue weighted by Gasteiger charge is -2.61. The molecule has 55 heavy (non-hydrogen) atoms. The van der Waals surface area contributed by atoms with Crippen molar-refractivity contribution in [2.75, 3.05) is 38.3 Å². The van der Waals surface area contributed by atoms with Crippen LogP contribution < -0.4 is 10.1 Å². The number of halogens is 3. The Morgan fingerprint density at radius 1 is 0.927 bits per heavy atom. The van der Waals surface area contributed by atoms with Crippen LogP contribution in [-0.4, -0.2) is 71.3 Å². The molecular formula is C43H52F3N5O4. The van der Waals surface area contributed by atoms with E-state index < -0.39 is 11.7 Å². The van der Waals surface area contributed by atoms with Crippen LogP contribution >= 0.6 is 0 Å². The van der Waals surface area contributed by atoms with E-state index in [2.05, 4.69) is 34.2 Å². The largest absolute Gasteiger partial charge is 0.491 e. The van der Waals surface area contributed by atoms with Crippen LogP contribution in [0.2, 0.25) is 0 Å². The van der Waals surface area contributed by atoms with E-state index in [1.165, 1.54) is 24.9 Å². The van der Waals surface area contributed by atoms with Crippen LogP contribution in [0.3, 0.4) is 0 Å². The molecule has 1 aromatic heterocycles. The van der Waals surface area contributed by atoms with E-state index in [1.54, 1.807) is 4.68 Å². The molecule has 2 aliphatic heterocycles. The molecule has 12 heteroatoms. The maximum Gasteiger partial charge on any atom is 0.248 e. The SMILES string of the molecule is Cn1ncnc1C1C2=NCC(=O)c3cc(F)cc(c32)N[C@@H]1c1ccc(OCCOCCO[C@H]2CC[C@H]3[C@@H]4CC[C@H]5CC(F)(F)CC[C@]5(C)[C@H]4CC[C@]23C)cc1. The van der Waals surface area contributed by atoms with E-state index >= 15 is 0 Å². The number of alkyl halides is 2. The van der Waals surface area contributed by atoms with Gasteiger partial charge in [0.25, 0.3) is 0 Å². The van der Waals surface area contributed by atoms with Crippen molar-refractivity contribution in [1.29, 1.82) is 0 Å². The minimum atomic E-state index is -2.48. The summed E-state index contributed by atoms with van der Waals surface area (Å²) in [7, 11) is 1.83. The number of hydrogen-bond donors (Lipinski definition) is 1. The first-order chi connectivity index (χ1) is 26.4. The van der Waals surface area contributed by atoms with Crippen molar-refractivity contribution in [3.63, 3.8) is 0 Å². The summed E-state index contributed by atoms with van der Waals surface area (Å²) >= 11 is 0. The molecule has 294 valence electrons. The molecule has 9 nitrogen and oxygen atoms in total. The Hall–Kier alpha value is -3.77. The Labute approximate surface area is 320 Å². The molecule has 1 unspecified atom stereocenters. The first kappa shape index (κ1) is 36.8. The van der Waals surface area contributed by atoms with Gasteiger partial charge in [0.2, 0.25) is 5.92 Å². The van der Waals surface area contributed by atoms with Crippen LogP contribution in [0.4, 0.5) is 18.9 Å². The first-order valence-corrected chi connectivity index (χ1v) is 20.3. The number of anilines is 1. The van der Waals surface area contributed by atoms with Crippen molar-refractivity contribution >= 4 is 17.2 Å². The molecular weight excluding hydrogens is 707 g/mol. The normalized spacial score (nSPS) is 34.5. The number of aliphatic imine (C=N–C) groups is 1. The van der Waals surface area contributed by atoms with E-state index in [1.807, 2.05) is 31.3 Å². The zero-order valence-corrected chi connectivity index (χ0v) is 32.0. The fourth-order valence-electron chi connectivity index (χ4n) is 12.1. The number of carbonyl (C=O) groups excluding carboxylic acids is 1. The minimum Gasteiger partial charge on any atom is -0.491 e. The zero-order valence-electron chi connectivity index (χ0n) is 32.0. The number of aromatic nitrogens is 3. The molecule has 0 bridgehead atoms. The van der Waals surface area contributed by atoms with Gasteiger partial charge in [-0.15, -0.1) is 0 Å². The highest BCUT2D eigenvalue weighted by atomic mass is 19.3. The molecule has 4 aliphatic carbocycles. The fourth-order valence-corrected chi connectivity index (χ4v) is 12.1. The van der Waals surface area contributed by atoms with Crippen LogP contribution in [0.15, 0.2) is 47.7 Å². The highest BCUT2D eigenvalue weighted by Crippen LogP contribution is 2.67. The van der Waals surface area contributed by atoms with Crippen LogP contribution in [0.1, 0.15) is 111 Å². The smallest absolute Gasteiger partial charge is 0.248 e. The number of rotatable bonds is 10. The Kier molecular flexibility index (Phi) is 9.38. The molecule has 0 saturated heterocycles. The molecule has 1 N–H and O–H groups in total. The monoisotopic (exact) mass is 759 g/mol. The van der Waals surface area contributed by atoms with E-state index in [4.69, 9.17) is 14.2 Å². The molecule has 6 aliphatic rings. The highest BCUT2D eigenvalue weighted by Gasteiger charge is 2.62. The van der Waals surface area contributed by atoms with Crippen molar-refractivity contribution in [2.45, 2.75) is 95.6 Å². The average Bonchev–Trinajstić information content (AvgIpc) is 3.74. The van der Waals surface area contributed by atoms with Gasteiger partial charge in [-0.1, -0.05) is 26.0 Å². The third-order valence-corrected chi connectivity index (χ3v) is 14.9. The quantitative estimate of drug-likeness (QED) is 0.208. The molecule has 3 heterocycles. The van der Waals surface area contributed by atoms with Gasteiger partial charge < -0.3 is 19.5 Å². The third kappa shape index (κ3) is 6.39. The average molecular weight is 760 g/mol. The van der Waals surface area contributed by atoms with Gasteiger partial charge in [-0.3, -0.25) is 14.5 Å². The van der Waals surface area contributed by atoms with Crippen molar-refractivity contribution in [3.8, 4) is 5.75 Å². The van der Waals surface area contributed by atoms with Crippen LogP contribution in [0, 0.1) is 40.3 Å². The van der Waals surface area contributed by atoms with Gasteiger partial charge in [-0.2, -0.15) is 5.10 Å². The summed E-state index contributed by atoms with van der Waals surface area (Å²) in [5, 5.41) is 7.78. The molecule has 4 fully saturated rings. The number of nitrogens with zero attached hydrogens (tertiary/aromatic N) is 4. The lowest BCUT2D eigenvalue weighted by Crippen LogP contribution is -2.55. The predicted octanol–water partition coefficient (Wildman–Crippen LogP) is 8.35. The van der Waals surface area contributed by atoms with Crippen LogP contribution in [0.5, 0.6) is 5.75 Å². The van der Waals surface area contributed by atoms with Gasteiger partial charge in [0.05, 0.1) is 43.6 Å². The van der Waals surface area contributed by atoms with E-state index in [0.29, 0.717) is 84.7 Å². The topological polar surface area (TPSA) is 99.9 Å². The lowest BCUT2D eigenvalue weighted by atomic mass is 9.45. The molecule has 0 radical (unpaired) electrons. The number of nitrogens with one attached hydrogen (secondary N) is 1. The second kappa shape index (κ2) is 14.0. The molecule has 3 aromatic rings. The third-order valence-electron chi connectivity index (χ3n) is 14.9. The Bertz CT molecular complexity index is 1970. The van der Waals surface area contributed by atoms with Crippen molar-refractivity contribution in [2.24, 2.45) is 46.5 Å². The van der Waals surface area contributed by atoms with Crippen molar-refractivity contribution in [3.05, 3.63) is 71.1 Å². The summed E-state index contributed by atoms with van der Waals surface area (Å²) in [4.78, 5) is 21.9. The Balaban J connectivity index is 0.767. The van der Waals surface area contributed by atoms with Crippen molar-refractivity contribution in [1.82, 2.24) is 14.8 Å². The zero-order chi connectivity index (χ0) is 38.1. The summed E-state index contributed by atoms with van der Waals surface area (Å²) in [6.45, 7) is 6.59. The molecule has 9 rings (SSSR count). The number of Topliss-reactive ketones (excluding diaryl/α,β-unsaturated/α-hetero) is 1. The number of ether oxygens (including phenoxy) is 3. The summed E-state index contributed by atoms with van der Waals surface area (Å²) in [5.74, 6) is -0.158.